The minimum Gasteiger partial charge on any atom is -0.392 e. The van der Waals surface area contributed by atoms with E-state index in [2.05, 4.69) is 40.7 Å². The van der Waals surface area contributed by atoms with Crippen LogP contribution in [0.25, 0.3) is 0 Å². The summed E-state index contributed by atoms with van der Waals surface area (Å²) in [5, 5.41) is 10.4. The highest BCUT2D eigenvalue weighted by Crippen LogP contribution is 2.36. The maximum absolute atomic E-state index is 9.59. The Hall–Kier alpha value is -0.530. The molecule has 1 rings (SSSR count). The molecule has 0 aliphatic heterocycles. The van der Waals surface area contributed by atoms with Crippen molar-refractivity contribution in [3.8, 4) is 0 Å². The summed E-state index contributed by atoms with van der Waals surface area (Å²) in [4.78, 5) is 0. The summed E-state index contributed by atoms with van der Waals surface area (Å²) in [7, 11) is 0. The lowest BCUT2D eigenvalue weighted by molar-refractivity contribution is 0.280. The molecule has 0 heterocycles. The number of halogens is 1. The normalized spacial score (nSPS) is 11.6. The molecule has 0 aliphatic carbocycles. The van der Waals surface area contributed by atoms with E-state index in [0.717, 1.165) is 23.4 Å². The van der Waals surface area contributed by atoms with Gasteiger partial charge in [-0.1, -0.05) is 58.7 Å². The van der Waals surface area contributed by atoms with Crippen LogP contribution in [0.3, 0.4) is 0 Å². The van der Waals surface area contributed by atoms with Crippen LogP contribution in [0.1, 0.15) is 75.1 Å². The van der Waals surface area contributed by atoms with Gasteiger partial charge in [-0.3, -0.25) is 0 Å². The third-order valence-electron chi connectivity index (χ3n) is 3.44. The first kappa shape index (κ1) is 15.5. The first-order valence-electron chi connectivity index (χ1n) is 6.88. The van der Waals surface area contributed by atoms with Crippen LogP contribution in [-0.4, -0.2) is 5.11 Å². The van der Waals surface area contributed by atoms with Gasteiger partial charge in [0, 0.05) is 5.02 Å². The summed E-state index contributed by atoms with van der Waals surface area (Å²) >= 11 is 6.53. The first-order valence-corrected chi connectivity index (χ1v) is 7.26. The molecule has 1 nitrogen and oxygen atoms in total. The van der Waals surface area contributed by atoms with Gasteiger partial charge in [-0.2, -0.15) is 0 Å². The van der Waals surface area contributed by atoms with Gasteiger partial charge in [0.15, 0.2) is 0 Å². The lowest BCUT2D eigenvalue weighted by atomic mass is 9.86. The van der Waals surface area contributed by atoms with E-state index in [0.29, 0.717) is 11.8 Å². The highest BCUT2D eigenvalue weighted by molar-refractivity contribution is 6.32. The summed E-state index contributed by atoms with van der Waals surface area (Å²) in [6.07, 6.45) is 2.06. The number of aliphatic hydroxyl groups is 1. The molecule has 1 aromatic rings. The van der Waals surface area contributed by atoms with Crippen LogP contribution in [-0.2, 0) is 13.0 Å². The lowest BCUT2D eigenvalue weighted by Crippen LogP contribution is -2.06. The molecule has 1 aromatic carbocycles. The largest absolute Gasteiger partial charge is 0.392 e. The second kappa shape index (κ2) is 6.58. The Balaban J connectivity index is 3.51. The van der Waals surface area contributed by atoms with Gasteiger partial charge >= 0.3 is 0 Å². The van der Waals surface area contributed by atoms with Gasteiger partial charge in [0.25, 0.3) is 0 Å². The zero-order valence-electron chi connectivity index (χ0n) is 12.2. The van der Waals surface area contributed by atoms with Gasteiger partial charge in [0.1, 0.15) is 0 Å². The van der Waals surface area contributed by atoms with Crippen LogP contribution in [0, 0.1) is 0 Å². The smallest absolute Gasteiger partial charge is 0.0699 e. The molecule has 102 valence electrons. The average molecular weight is 269 g/mol. The highest BCUT2D eigenvalue weighted by atomic mass is 35.5. The van der Waals surface area contributed by atoms with Gasteiger partial charge in [-0.15, -0.1) is 0 Å². The summed E-state index contributed by atoms with van der Waals surface area (Å²) in [6, 6.07) is 2.25. The van der Waals surface area contributed by atoms with Gasteiger partial charge in [0.2, 0.25) is 0 Å². The number of benzene rings is 1. The Morgan fingerprint density at radius 2 is 1.56 bits per heavy atom. The molecule has 0 amide bonds. The summed E-state index contributed by atoms with van der Waals surface area (Å²) in [5.74, 6) is 0.854. The van der Waals surface area contributed by atoms with Crippen molar-refractivity contribution in [2.45, 2.75) is 65.9 Å². The van der Waals surface area contributed by atoms with E-state index in [1.165, 1.54) is 16.7 Å². The van der Waals surface area contributed by atoms with E-state index in [-0.39, 0.29) is 6.61 Å². The topological polar surface area (TPSA) is 20.2 Å². The van der Waals surface area contributed by atoms with E-state index in [1.54, 1.807) is 0 Å². The fraction of sp³-hybridized carbons (Fsp3) is 0.625. The standard InChI is InChI=1S/C16H25ClO/c1-6-7-12-13(10(2)3)8-14(11(4)5)15(9-18)16(12)17/h8,10-11,18H,6-7,9H2,1-5H3. The Bertz CT molecular complexity index is 408. The number of rotatable bonds is 5. The summed E-state index contributed by atoms with van der Waals surface area (Å²) in [6.45, 7) is 10.9. The van der Waals surface area contributed by atoms with E-state index in [4.69, 9.17) is 11.6 Å². The zero-order valence-corrected chi connectivity index (χ0v) is 12.9. The molecular formula is C16H25ClO. The zero-order chi connectivity index (χ0) is 13.9. The van der Waals surface area contributed by atoms with Crippen LogP contribution in [0.2, 0.25) is 5.02 Å². The minimum absolute atomic E-state index is 0.0292. The van der Waals surface area contributed by atoms with Crippen molar-refractivity contribution in [3.05, 3.63) is 33.3 Å². The fourth-order valence-corrected chi connectivity index (χ4v) is 2.84. The molecule has 0 spiro atoms. The second-order valence-corrected chi connectivity index (χ2v) is 5.92. The monoisotopic (exact) mass is 268 g/mol. The molecule has 0 bridgehead atoms. The molecule has 0 aliphatic rings. The average Bonchev–Trinajstić information content (AvgIpc) is 2.30. The quantitative estimate of drug-likeness (QED) is 0.794. The molecule has 1 N–H and O–H groups in total. The molecule has 0 saturated heterocycles. The summed E-state index contributed by atoms with van der Waals surface area (Å²) in [5.41, 5.74) is 4.66. The highest BCUT2D eigenvalue weighted by Gasteiger charge is 2.18. The maximum atomic E-state index is 9.59. The molecular weight excluding hydrogens is 244 g/mol. The maximum Gasteiger partial charge on any atom is 0.0699 e. The minimum atomic E-state index is 0.0292. The molecule has 2 heteroatoms. The Kier molecular flexibility index (Phi) is 5.68. The van der Waals surface area contributed by atoms with E-state index >= 15 is 0 Å². The Labute approximate surface area is 116 Å². The van der Waals surface area contributed by atoms with Crippen molar-refractivity contribution < 1.29 is 5.11 Å². The van der Waals surface area contributed by atoms with E-state index in [9.17, 15) is 5.11 Å². The van der Waals surface area contributed by atoms with Gasteiger partial charge < -0.3 is 5.11 Å². The van der Waals surface area contributed by atoms with Crippen molar-refractivity contribution in [1.82, 2.24) is 0 Å². The lowest BCUT2D eigenvalue weighted by Gasteiger charge is -2.22. The second-order valence-electron chi connectivity index (χ2n) is 5.54. The first-order chi connectivity index (χ1) is 8.43. The van der Waals surface area contributed by atoms with Gasteiger partial charge in [-0.05, 0) is 40.5 Å². The third-order valence-corrected chi connectivity index (χ3v) is 3.90. The van der Waals surface area contributed by atoms with E-state index < -0.39 is 0 Å². The van der Waals surface area contributed by atoms with Crippen molar-refractivity contribution >= 4 is 11.6 Å². The van der Waals surface area contributed by atoms with Crippen molar-refractivity contribution in [2.24, 2.45) is 0 Å². The SMILES string of the molecule is CCCc1c(C(C)C)cc(C(C)C)c(CO)c1Cl. The molecule has 0 aromatic heterocycles. The van der Waals surface area contributed by atoms with Crippen LogP contribution in [0.4, 0.5) is 0 Å². The van der Waals surface area contributed by atoms with E-state index in [1.807, 2.05) is 0 Å². The molecule has 0 saturated carbocycles. The van der Waals surface area contributed by atoms with Gasteiger partial charge in [-0.25, -0.2) is 0 Å². The molecule has 0 radical (unpaired) electrons. The van der Waals surface area contributed by atoms with Crippen LogP contribution < -0.4 is 0 Å². The predicted octanol–water partition coefficient (Wildman–Crippen LogP) is 5.03. The number of hydrogen-bond acceptors (Lipinski definition) is 1. The van der Waals surface area contributed by atoms with Crippen LogP contribution in [0.15, 0.2) is 6.07 Å². The third kappa shape index (κ3) is 3.07. The van der Waals surface area contributed by atoms with Gasteiger partial charge in [0.05, 0.1) is 6.61 Å². The molecule has 18 heavy (non-hydrogen) atoms. The Morgan fingerprint density at radius 3 is 1.94 bits per heavy atom. The van der Waals surface area contributed by atoms with Crippen molar-refractivity contribution in [1.29, 1.82) is 0 Å². The predicted molar refractivity (Wildman–Crippen MR) is 79.5 cm³/mol. The van der Waals surface area contributed by atoms with Crippen LogP contribution in [0.5, 0.6) is 0 Å². The fourth-order valence-electron chi connectivity index (χ4n) is 2.47. The Morgan fingerprint density at radius 1 is 1.06 bits per heavy atom. The van der Waals surface area contributed by atoms with Crippen LogP contribution >= 0.6 is 11.6 Å². The summed E-state index contributed by atoms with van der Waals surface area (Å²) < 4.78 is 0. The molecule has 0 atom stereocenters. The molecule has 0 unspecified atom stereocenters. The van der Waals surface area contributed by atoms with Crippen molar-refractivity contribution in [3.63, 3.8) is 0 Å². The number of hydrogen-bond donors (Lipinski definition) is 1. The number of aliphatic hydroxyl groups excluding tert-OH is 1. The van der Waals surface area contributed by atoms with Crippen molar-refractivity contribution in [2.75, 3.05) is 0 Å². The molecule has 0 fully saturated rings.